The van der Waals surface area contributed by atoms with E-state index in [0.29, 0.717) is 22.2 Å². The second kappa shape index (κ2) is 7.97. The van der Waals surface area contributed by atoms with Crippen LogP contribution in [0.15, 0.2) is 54.1 Å². The largest absolute Gasteiger partial charge is 0.454 e. The number of para-hydroxylation sites is 1. The molecular formula is C23H18ClN3O3. The number of halogens is 1. The minimum Gasteiger partial charge on any atom is -0.454 e. The van der Waals surface area contributed by atoms with Crippen LogP contribution in [0.2, 0.25) is 5.02 Å². The molecule has 7 heteroatoms. The maximum Gasteiger partial charge on any atom is 0.266 e. The number of carbonyl (C=O) groups excluding carboxylic acids is 1. The smallest absolute Gasteiger partial charge is 0.266 e. The van der Waals surface area contributed by atoms with Crippen LogP contribution in [0.3, 0.4) is 0 Å². The van der Waals surface area contributed by atoms with Crippen LogP contribution >= 0.6 is 11.6 Å². The number of carbonyl (C=O) groups is 1. The number of nitrogens with one attached hydrogen (secondary N) is 1. The van der Waals surface area contributed by atoms with Gasteiger partial charge in [0.1, 0.15) is 11.6 Å². The lowest BCUT2D eigenvalue weighted by Gasteiger charge is -2.10. The number of ether oxygens (including phenoxy) is 2. The first-order valence-electron chi connectivity index (χ1n) is 9.24. The van der Waals surface area contributed by atoms with Crippen molar-refractivity contribution in [3.05, 3.63) is 76.1 Å². The number of amides is 1. The fraction of sp³-hybridized carbons (Fsp3) is 0.130. The molecule has 1 amide bonds. The lowest BCUT2D eigenvalue weighted by Crippen LogP contribution is -2.13. The van der Waals surface area contributed by atoms with Crippen molar-refractivity contribution < 1.29 is 14.3 Å². The highest BCUT2D eigenvalue weighted by Gasteiger charge is 2.18. The van der Waals surface area contributed by atoms with Gasteiger partial charge in [-0.15, -0.1) is 0 Å². The Bertz CT molecular complexity index is 1220. The summed E-state index contributed by atoms with van der Waals surface area (Å²) < 4.78 is 12.9. The summed E-state index contributed by atoms with van der Waals surface area (Å²) in [6, 6.07) is 16.5. The summed E-state index contributed by atoms with van der Waals surface area (Å²) in [6.07, 6.45) is 1.58. The van der Waals surface area contributed by atoms with Crippen molar-refractivity contribution in [3.8, 4) is 23.3 Å². The van der Waals surface area contributed by atoms with Crippen molar-refractivity contribution in [2.45, 2.75) is 13.8 Å². The number of fused-ring (bicyclic) bond motifs is 1. The van der Waals surface area contributed by atoms with E-state index < -0.39 is 5.91 Å². The Balaban J connectivity index is 1.66. The van der Waals surface area contributed by atoms with Gasteiger partial charge in [-0.1, -0.05) is 23.7 Å². The number of nitrogens with zero attached hydrogens (tertiary/aromatic N) is 2. The third-order valence-corrected chi connectivity index (χ3v) is 5.20. The highest BCUT2D eigenvalue weighted by Crippen LogP contribution is 2.35. The van der Waals surface area contributed by atoms with Crippen molar-refractivity contribution in [1.29, 1.82) is 5.26 Å². The van der Waals surface area contributed by atoms with Gasteiger partial charge in [0.15, 0.2) is 11.5 Å². The van der Waals surface area contributed by atoms with Gasteiger partial charge in [0.2, 0.25) is 6.79 Å². The summed E-state index contributed by atoms with van der Waals surface area (Å²) >= 11 is 6.09. The van der Waals surface area contributed by atoms with Crippen molar-refractivity contribution in [2.24, 2.45) is 0 Å². The molecule has 4 rings (SSSR count). The molecule has 0 saturated carbocycles. The Morgan fingerprint density at radius 3 is 2.70 bits per heavy atom. The summed E-state index contributed by atoms with van der Waals surface area (Å²) in [4.78, 5) is 12.6. The van der Waals surface area contributed by atoms with Gasteiger partial charge in [-0.2, -0.15) is 5.26 Å². The van der Waals surface area contributed by atoms with Crippen molar-refractivity contribution >= 4 is 29.3 Å². The summed E-state index contributed by atoms with van der Waals surface area (Å²) in [5.74, 6) is 0.886. The molecule has 1 aliphatic rings. The van der Waals surface area contributed by atoms with Crippen LogP contribution in [0.5, 0.6) is 11.5 Å². The topological polar surface area (TPSA) is 76.3 Å². The number of hydrogen-bond acceptors (Lipinski definition) is 4. The fourth-order valence-corrected chi connectivity index (χ4v) is 3.59. The Hall–Kier alpha value is -3.69. The maximum atomic E-state index is 12.6. The van der Waals surface area contributed by atoms with E-state index in [0.717, 1.165) is 22.6 Å². The minimum absolute atomic E-state index is 0.0131. The standard InChI is InChI=1S/C23H18ClN3O3/c1-14-9-16(10-17(12-25)23(28)26-20-6-4-3-5-19(20)24)15(2)27(14)18-7-8-21-22(11-18)30-13-29-21/h3-11H,13H2,1-2H3,(H,26,28)/b17-10+. The molecule has 1 aliphatic heterocycles. The van der Waals surface area contributed by atoms with E-state index in [4.69, 9.17) is 21.1 Å². The summed E-state index contributed by atoms with van der Waals surface area (Å²) in [6.45, 7) is 4.11. The van der Waals surface area contributed by atoms with Crippen LogP contribution in [-0.2, 0) is 4.79 Å². The molecule has 150 valence electrons. The van der Waals surface area contributed by atoms with E-state index in [9.17, 15) is 10.1 Å². The summed E-state index contributed by atoms with van der Waals surface area (Å²) in [5, 5.41) is 12.6. The molecule has 6 nitrogen and oxygen atoms in total. The van der Waals surface area contributed by atoms with Crippen LogP contribution in [0.4, 0.5) is 5.69 Å². The molecule has 0 aliphatic carbocycles. The van der Waals surface area contributed by atoms with E-state index in [-0.39, 0.29) is 12.4 Å². The van der Waals surface area contributed by atoms with Gasteiger partial charge in [-0.25, -0.2) is 0 Å². The average molecular weight is 420 g/mol. The van der Waals surface area contributed by atoms with E-state index >= 15 is 0 Å². The number of nitriles is 1. The van der Waals surface area contributed by atoms with Gasteiger partial charge in [-0.3, -0.25) is 4.79 Å². The third-order valence-electron chi connectivity index (χ3n) is 4.87. The predicted octanol–water partition coefficient (Wildman–Crippen LogP) is 5.02. The van der Waals surface area contributed by atoms with Gasteiger partial charge in [-0.05, 0) is 55.8 Å². The number of aryl methyl sites for hydroxylation is 1. The highest BCUT2D eigenvalue weighted by atomic mass is 35.5. The molecule has 0 radical (unpaired) electrons. The van der Waals surface area contributed by atoms with Crippen LogP contribution in [-0.4, -0.2) is 17.3 Å². The monoisotopic (exact) mass is 419 g/mol. The SMILES string of the molecule is Cc1cc(/C=C(\C#N)C(=O)Nc2ccccc2Cl)c(C)n1-c1ccc2c(c1)OCO2. The quantitative estimate of drug-likeness (QED) is 0.475. The van der Waals surface area contributed by atoms with Crippen LogP contribution in [0, 0.1) is 25.2 Å². The number of aromatic nitrogens is 1. The molecule has 0 saturated heterocycles. The van der Waals surface area contributed by atoms with E-state index in [1.165, 1.54) is 0 Å². The van der Waals surface area contributed by atoms with E-state index in [1.807, 2.05) is 48.7 Å². The first-order valence-corrected chi connectivity index (χ1v) is 9.62. The Kier molecular flexibility index (Phi) is 5.21. The zero-order valence-electron chi connectivity index (χ0n) is 16.4. The van der Waals surface area contributed by atoms with Gasteiger partial charge < -0.3 is 19.4 Å². The normalized spacial score (nSPS) is 12.5. The lowest BCUT2D eigenvalue weighted by molar-refractivity contribution is -0.112. The molecule has 1 N–H and O–H groups in total. The second-order valence-electron chi connectivity index (χ2n) is 6.80. The van der Waals surface area contributed by atoms with Gasteiger partial charge in [0, 0.05) is 23.1 Å². The molecule has 2 heterocycles. The number of rotatable bonds is 4. The molecule has 30 heavy (non-hydrogen) atoms. The fourth-order valence-electron chi connectivity index (χ4n) is 3.41. The molecule has 1 aromatic heterocycles. The Labute approximate surface area is 178 Å². The molecular weight excluding hydrogens is 402 g/mol. The highest BCUT2D eigenvalue weighted by molar-refractivity contribution is 6.34. The summed E-state index contributed by atoms with van der Waals surface area (Å²) in [7, 11) is 0. The first-order chi connectivity index (χ1) is 14.5. The molecule has 3 aromatic rings. The van der Waals surface area contributed by atoms with Gasteiger partial charge >= 0.3 is 0 Å². The third kappa shape index (κ3) is 3.63. The molecule has 0 atom stereocenters. The zero-order chi connectivity index (χ0) is 21.3. The van der Waals surface area contributed by atoms with Crippen LogP contribution < -0.4 is 14.8 Å². The lowest BCUT2D eigenvalue weighted by atomic mass is 10.1. The molecule has 0 spiro atoms. The number of hydrogen-bond donors (Lipinski definition) is 1. The van der Waals surface area contributed by atoms with Crippen molar-refractivity contribution in [1.82, 2.24) is 4.57 Å². The van der Waals surface area contributed by atoms with Gasteiger partial charge in [0.05, 0.1) is 10.7 Å². The second-order valence-corrected chi connectivity index (χ2v) is 7.21. The number of benzene rings is 2. The summed E-state index contributed by atoms with van der Waals surface area (Å²) in [5.41, 5.74) is 3.98. The number of anilines is 1. The van der Waals surface area contributed by atoms with Gasteiger partial charge in [0.25, 0.3) is 5.91 Å². The van der Waals surface area contributed by atoms with Crippen molar-refractivity contribution in [3.63, 3.8) is 0 Å². The first kappa shape index (κ1) is 19.6. The Morgan fingerprint density at radius 2 is 1.93 bits per heavy atom. The predicted molar refractivity (Wildman–Crippen MR) is 115 cm³/mol. The molecule has 0 bridgehead atoms. The van der Waals surface area contributed by atoms with Crippen molar-refractivity contribution in [2.75, 3.05) is 12.1 Å². The minimum atomic E-state index is -0.515. The average Bonchev–Trinajstić information content (AvgIpc) is 3.31. The van der Waals surface area contributed by atoms with Crippen LogP contribution in [0.25, 0.3) is 11.8 Å². The maximum absolute atomic E-state index is 12.6. The zero-order valence-corrected chi connectivity index (χ0v) is 17.2. The molecule has 2 aromatic carbocycles. The molecule has 0 unspecified atom stereocenters. The Morgan fingerprint density at radius 1 is 1.17 bits per heavy atom. The molecule has 0 fully saturated rings. The van der Waals surface area contributed by atoms with E-state index in [2.05, 4.69) is 5.32 Å². The van der Waals surface area contributed by atoms with Crippen LogP contribution in [0.1, 0.15) is 17.0 Å². The van der Waals surface area contributed by atoms with E-state index in [1.54, 1.807) is 30.3 Å².